The molecule has 0 aromatic rings. The van der Waals surface area contributed by atoms with Gasteiger partial charge >= 0.3 is 0 Å². The van der Waals surface area contributed by atoms with E-state index in [4.69, 9.17) is 10.5 Å². The Balaban J connectivity index is 2.28. The molecule has 1 spiro atoms. The van der Waals surface area contributed by atoms with Crippen molar-refractivity contribution in [3.8, 4) is 12.1 Å². The van der Waals surface area contributed by atoms with Crippen LogP contribution in [0.1, 0.15) is 13.8 Å². The number of nitriles is 2. The van der Waals surface area contributed by atoms with E-state index >= 15 is 0 Å². The zero-order chi connectivity index (χ0) is 12.5. The monoisotopic (exact) mass is 248 g/mol. The Morgan fingerprint density at radius 1 is 1.41 bits per heavy atom. The predicted molar refractivity (Wildman–Crippen MR) is 62.6 cm³/mol. The van der Waals surface area contributed by atoms with Crippen molar-refractivity contribution in [3.05, 3.63) is 0 Å². The van der Waals surface area contributed by atoms with Crippen LogP contribution in [-0.4, -0.2) is 23.3 Å². The van der Waals surface area contributed by atoms with Gasteiger partial charge in [0, 0.05) is 11.2 Å². The molecule has 6 heteroatoms. The van der Waals surface area contributed by atoms with Gasteiger partial charge < -0.3 is 10.5 Å². The Morgan fingerprint density at radius 3 is 2.53 bits per heavy atom. The molecule has 1 saturated heterocycles. The third-order valence-electron chi connectivity index (χ3n) is 4.51. The number of rotatable bonds is 0. The van der Waals surface area contributed by atoms with Crippen LogP contribution in [-0.2, 0) is 4.74 Å². The van der Waals surface area contributed by atoms with E-state index in [1.165, 1.54) is 11.8 Å². The summed E-state index contributed by atoms with van der Waals surface area (Å²) >= 11 is 1.48. The molecule has 0 radical (unpaired) electrons. The third-order valence-corrected chi connectivity index (χ3v) is 5.79. The van der Waals surface area contributed by atoms with Crippen LogP contribution in [0.3, 0.4) is 0 Å². The number of ether oxygens (including phenoxy) is 1. The molecule has 3 aliphatic rings. The van der Waals surface area contributed by atoms with E-state index in [0.717, 1.165) is 5.75 Å². The Kier molecular flexibility index (Phi) is 1.67. The first-order valence-electron chi connectivity index (χ1n) is 5.42. The minimum Gasteiger partial charge on any atom is -0.386 e. The van der Waals surface area contributed by atoms with Crippen molar-refractivity contribution in [1.29, 1.82) is 10.5 Å². The van der Waals surface area contributed by atoms with Gasteiger partial charge in [0.1, 0.15) is 11.3 Å². The number of amidine groups is 1. The summed E-state index contributed by atoms with van der Waals surface area (Å²) in [6.07, 6.45) is 0. The molecular formula is C11H12N4OS. The minimum absolute atomic E-state index is 0.251. The van der Waals surface area contributed by atoms with Crippen molar-refractivity contribution in [1.82, 2.24) is 0 Å². The second-order valence-corrected chi connectivity index (χ2v) is 6.37. The lowest BCUT2D eigenvalue weighted by Crippen LogP contribution is -2.35. The maximum Gasteiger partial charge on any atom is 0.230 e. The fourth-order valence-corrected chi connectivity index (χ4v) is 5.05. The molecule has 5 nitrogen and oxygen atoms in total. The van der Waals surface area contributed by atoms with Crippen LogP contribution >= 0.6 is 11.8 Å². The van der Waals surface area contributed by atoms with Crippen LogP contribution in [0.4, 0.5) is 0 Å². The number of fused-ring (bicyclic) bond motifs is 2. The zero-order valence-electron chi connectivity index (χ0n) is 9.65. The van der Waals surface area contributed by atoms with Crippen molar-refractivity contribution in [2.45, 2.75) is 18.9 Å². The van der Waals surface area contributed by atoms with Crippen LogP contribution < -0.4 is 5.73 Å². The molecule has 0 aromatic heterocycles. The van der Waals surface area contributed by atoms with Crippen LogP contribution in [0.15, 0.2) is 4.99 Å². The second-order valence-electron chi connectivity index (χ2n) is 5.12. The van der Waals surface area contributed by atoms with E-state index in [9.17, 15) is 10.5 Å². The molecule has 88 valence electrons. The van der Waals surface area contributed by atoms with Crippen LogP contribution in [0.2, 0.25) is 0 Å². The molecule has 0 aromatic carbocycles. The SMILES string of the molecule is CC1(C)[C@]2(C#N)[C@@]3(N=C(N)[C@]12C#N)OCCS3. The predicted octanol–water partition coefficient (Wildman–Crippen LogP) is 0.834. The van der Waals surface area contributed by atoms with Gasteiger partial charge in [0.2, 0.25) is 5.06 Å². The summed E-state index contributed by atoms with van der Waals surface area (Å²) in [5.41, 5.74) is 3.47. The first-order valence-corrected chi connectivity index (χ1v) is 6.40. The van der Waals surface area contributed by atoms with Gasteiger partial charge in [-0.3, -0.25) is 0 Å². The van der Waals surface area contributed by atoms with Crippen LogP contribution in [0, 0.1) is 38.9 Å². The molecule has 2 heterocycles. The number of hydrogen-bond acceptors (Lipinski definition) is 6. The topological polar surface area (TPSA) is 95.2 Å². The Morgan fingerprint density at radius 2 is 2.12 bits per heavy atom. The molecule has 0 unspecified atom stereocenters. The van der Waals surface area contributed by atoms with E-state index in [-0.39, 0.29) is 5.84 Å². The van der Waals surface area contributed by atoms with E-state index in [1.807, 2.05) is 13.8 Å². The van der Waals surface area contributed by atoms with Gasteiger partial charge in [-0.25, -0.2) is 4.99 Å². The van der Waals surface area contributed by atoms with Crippen molar-refractivity contribution < 1.29 is 4.74 Å². The lowest BCUT2D eigenvalue weighted by molar-refractivity contribution is 0.0108. The molecule has 1 saturated carbocycles. The van der Waals surface area contributed by atoms with E-state index < -0.39 is 21.3 Å². The molecule has 0 amide bonds. The summed E-state index contributed by atoms with van der Waals surface area (Å²) in [5, 5.41) is 18.1. The van der Waals surface area contributed by atoms with Gasteiger partial charge in [0.05, 0.1) is 18.7 Å². The van der Waals surface area contributed by atoms with Crippen LogP contribution in [0.25, 0.3) is 0 Å². The van der Waals surface area contributed by atoms with Gasteiger partial charge in [-0.2, -0.15) is 10.5 Å². The van der Waals surface area contributed by atoms with Gasteiger partial charge in [0.25, 0.3) is 0 Å². The average Bonchev–Trinajstić information content (AvgIpc) is 2.63. The van der Waals surface area contributed by atoms with E-state index in [2.05, 4.69) is 17.1 Å². The number of thioether (sulfide) groups is 1. The number of hydrogen-bond donors (Lipinski definition) is 1. The van der Waals surface area contributed by atoms with E-state index in [0.29, 0.717) is 6.61 Å². The van der Waals surface area contributed by atoms with Crippen LogP contribution in [0.5, 0.6) is 0 Å². The highest BCUT2D eigenvalue weighted by molar-refractivity contribution is 8.00. The van der Waals surface area contributed by atoms with E-state index in [1.54, 1.807) is 0 Å². The molecule has 2 fully saturated rings. The van der Waals surface area contributed by atoms with Gasteiger partial charge in [-0.15, -0.1) is 0 Å². The first kappa shape index (κ1) is 10.9. The zero-order valence-corrected chi connectivity index (χ0v) is 10.5. The summed E-state index contributed by atoms with van der Waals surface area (Å²) in [6, 6.07) is 4.52. The maximum absolute atomic E-state index is 9.62. The van der Waals surface area contributed by atoms with Crippen molar-refractivity contribution in [3.63, 3.8) is 0 Å². The summed E-state index contributed by atoms with van der Waals surface area (Å²) < 4.78 is 5.70. The molecule has 2 aliphatic heterocycles. The summed E-state index contributed by atoms with van der Waals surface area (Å²) in [6.45, 7) is 4.33. The molecule has 1 aliphatic carbocycles. The highest BCUT2D eigenvalue weighted by Gasteiger charge is 2.97. The normalized spacial score (nSPS) is 49.3. The standard InChI is InChI=1S/C11H12N4OS/c1-8(2)9(5-12)7(14)15-11(10(8,9)6-13)16-3-4-17-11/h3-4H2,1-2H3,(H2,14,15)/t9-,10+,11-/m1/s1. The molecule has 0 bridgehead atoms. The van der Waals surface area contributed by atoms with Crippen molar-refractivity contribution >= 4 is 17.6 Å². The summed E-state index contributed by atoms with van der Waals surface area (Å²) in [4.78, 5) is 4.32. The summed E-state index contributed by atoms with van der Waals surface area (Å²) in [5.74, 6) is 1.03. The lowest BCUT2D eigenvalue weighted by Gasteiger charge is -2.27. The highest BCUT2D eigenvalue weighted by atomic mass is 32.2. The smallest absolute Gasteiger partial charge is 0.230 e. The van der Waals surface area contributed by atoms with Crippen molar-refractivity contribution in [2.24, 2.45) is 27.0 Å². The molecule has 17 heavy (non-hydrogen) atoms. The molecule has 3 atom stereocenters. The van der Waals surface area contributed by atoms with Gasteiger partial charge in [-0.05, 0) is 0 Å². The quantitative estimate of drug-likeness (QED) is 0.685. The molecular weight excluding hydrogens is 236 g/mol. The Hall–Kier alpha value is -1.24. The maximum atomic E-state index is 9.62. The molecule has 3 rings (SSSR count). The lowest BCUT2D eigenvalue weighted by atomic mass is 9.95. The minimum atomic E-state index is -0.994. The highest BCUT2D eigenvalue weighted by Crippen LogP contribution is 2.87. The number of nitrogens with two attached hydrogens (primary N) is 1. The Bertz CT molecular complexity index is 523. The number of nitrogens with zero attached hydrogens (tertiary/aromatic N) is 3. The van der Waals surface area contributed by atoms with Gasteiger partial charge in [-0.1, -0.05) is 25.6 Å². The first-order chi connectivity index (χ1) is 7.96. The Labute approximate surface area is 104 Å². The van der Waals surface area contributed by atoms with Crippen molar-refractivity contribution in [2.75, 3.05) is 12.4 Å². The van der Waals surface area contributed by atoms with Gasteiger partial charge in [0.15, 0.2) is 5.41 Å². The largest absolute Gasteiger partial charge is 0.386 e. The third kappa shape index (κ3) is 0.696. The average molecular weight is 248 g/mol. The fourth-order valence-electron chi connectivity index (χ4n) is 3.60. The summed E-state index contributed by atoms with van der Waals surface area (Å²) in [7, 11) is 0. The second kappa shape index (κ2) is 2.60. The molecule has 2 N–H and O–H groups in total. The fraction of sp³-hybridized carbons (Fsp3) is 0.727. The number of aliphatic imine (C=N–C) groups is 1.